The molecular formula is C15H16INO3S. The van der Waals surface area contributed by atoms with Crippen molar-refractivity contribution >= 4 is 32.6 Å². The molecule has 0 aliphatic rings. The Labute approximate surface area is 138 Å². The molecule has 112 valence electrons. The highest BCUT2D eigenvalue weighted by atomic mass is 127. The number of aryl methyl sites for hydroxylation is 1. The second kappa shape index (κ2) is 6.76. The van der Waals surface area contributed by atoms with E-state index in [1.807, 2.05) is 25.1 Å². The first kappa shape index (κ1) is 16.3. The molecule has 0 aromatic heterocycles. The van der Waals surface area contributed by atoms with E-state index in [9.17, 15) is 8.42 Å². The van der Waals surface area contributed by atoms with Crippen LogP contribution in [0.5, 0.6) is 5.75 Å². The predicted octanol–water partition coefficient (Wildman–Crippen LogP) is 3.09. The molecule has 0 radical (unpaired) electrons. The van der Waals surface area contributed by atoms with Gasteiger partial charge in [0, 0.05) is 6.54 Å². The van der Waals surface area contributed by atoms with Gasteiger partial charge in [-0.25, -0.2) is 13.1 Å². The third-order valence-electron chi connectivity index (χ3n) is 3.01. The van der Waals surface area contributed by atoms with Crippen LogP contribution in [0.4, 0.5) is 0 Å². The Balaban J connectivity index is 2.13. The predicted molar refractivity (Wildman–Crippen MR) is 90.9 cm³/mol. The molecule has 0 saturated carbocycles. The number of rotatable bonds is 5. The molecule has 0 spiro atoms. The van der Waals surface area contributed by atoms with Crippen molar-refractivity contribution in [1.29, 1.82) is 0 Å². The maximum absolute atomic E-state index is 12.2. The van der Waals surface area contributed by atoms with Crippen LogP contribution in [-0.2, 0) is 16.6 Å². The van der Waals surface area contributed by atoms with Gasteiger partial charge in [-0.3, -0.25) is 0 Å². The van der Waals surface area contributed by atoms with E-state index in [1.165, 1.54) is 0 Å². The second-order valence-electron chi connectivity index (χ2n) is 4.61. The van der Waals surface area contributed by atoms with Crippen molar-refractivity contribution in [3.8, 4) is 5.75 Å². The second-order valence-corrected chi connectivity index (χ2v) is 7.54. The van der Waals surface area contributed by atoms with Crippen LogP contribution in [-0.4, -0.2) is 15.5 Å². The number of methoxy groups -OCH3 is 1. The van der Waals surface area contributed by atoms with Gasteiger partial charge in [-0.15, -0.1) is 0 Å². The minimum absolute atomic E-state index is 0.226. The molecule has 0 aliphatic carbocycles. The number of nitrogens with one attached hydrogen (secondary N) is 1. The molecule has 6 heteroatoms. The Hall–Kier alpha value is -1.12. The van der Waals surface area contributed by atoms with E-state index in [2.05, 4.69) is 27.3 Å². The van der Waals surface area contributed by atoms with Gasteiger partial charge in [0.25, 0.3) is 0 Å². The summed E-state index contributed by atoms with van der Waals surface area (Å²) in [4.78, 5) is 0.269. The first-order chi connectivity index (χ1) is 9.92. The van der Waals surface area contributed by atoms with E-state index >= 15 is 0 Å². The average Bonchev–Trinajstić information content (AvgIpc) is 2.47. The van der Waals surface area contributed by atoms with Gasteiger partial charge in [0.2, 0.25) is 10.0 Å². The fraction of sp³-hybridized carbons (Fsp3) is 0.200. The molecule has 0 fully saturated rings. The van der Waals surface area contributed by atoms with Gasteiger partial charge in [0.05, 0.1) is 15.6 Å². The summed E-state index contributed by atoms with van der Waals surface area (Å²) >= 11 is 2.17. The van der Waals surface area contributed by atoms with Crippen molar-refractivity contribution in [1.82, 2.24) is 4.72 Å². The first-order valence-corrected chi connectivity index (χ1v) is 8.87. The minimum atomic E-state index is -3.50. The van der Waals surface area contributed by atoms with E-state index in [1.54, 1.807) is 31.4 Å². The van der Waals surface area contributed by atoms with Gasteiger partial charge >= 0.3 is 0 Å². The molecular weight excluding hydrogens is 401 g/mol. The van der Waals surface area contributed by atoms with Crippen LogP contribution in [0.25, 0.3) is 0 Å². The van der Waals surface area contributed by atoms with Crippen LogP contribution in [0.2, 0.25) is 0 Å². The summed E-state index contributed by atoms with van der Waals surface area (Å²) in [7, 11) is -1.90. The monoisotopic (exact) mass is 417 g/mol. The highest BCUT2D eigenvalue weighted by Crippen LogP contribution is 2.22. The van der Waals surface area contributed by atoms with Crippen molar-refractivity contribution in [2.24, 2.45) is 0 Å². The Morgan fingerprint density at radius 3 is 2.43 bits per heavy atom. The van der Waals surface area contributed by atoms with Crippen LogP contribution in [0.1, 0.15) is 11.1 Å². The largest absolute Gasteiger partial charge is 0.496 e. The molecule has 2 rings (SSSR count). The molecule has 0 heterocycles. The maximum atomic E-state index is 12.2. The van der Waals surface area contributed by atoms with Gasteiger partial charge < -0.3 is 4.74 Å². The van der Waals surface area contributed by atoms with Crippen molar-refractivity contribution in [3.63, 3.8) is 0 Å². The van der Waals surface area contributed by atoms with E-state index in [4.69, 9.17) is 4.74 Å². The summed E-state index contributed by atoms with van der Waals surface area (Å²) in [5, 5.41) is 0. The molecule has 21 heavy (non-hydrogen) atoms. The smallest absolute Gasteiger partial charge is 0.240 e. The van der Waals surface area contributed by atoms with Crippen molar-refractivity contribution < 1.29 is 13.2 Å². The molecule has 0 unspecified atom stereocenters. The van der Waals surface area contributed by atoms with E-state index in [0.29, 0.717) is 0 Å². The van der Waals surface area contributed by atoms with Crippen LogP contribution in [0.3, 0.4) is 0 Å². The highest BCUT2D eigenvalue weighted by Gasteiger charge is 2.13. The molecule has 1 N–H and O–H groups in total. The number of hydrogen-bond donors (Lipinski definition) is 1. The zero-order chi connectivity index (χ0) is 15.5. The van der Waals surface area contributed by atoms with Gasteiger partial charge in [0.15, 0.2) is 0 Å². The third-order valence-corrected chi connectivity index (χ3v) is 5.32. The fourth-order valence-electron chi connectivity index (χ4n) is 1.79. The standard InChI is InChI=1S/C15H16INO3S/c1-11-3-6-13(7-4-11)21(18,19)17-10-12-5-8-14(16)15(9-12)20-2/h3-9,17H,10H2,1-2H3. The zero-order valence-electron chi connectivity index (χ0n) is 11.8. The lowest BCUT2D eigenvalue weighted by Gasteiger charge is -2.09. The molecule has 2 aromatic carbocycles. The number of benzene rings is 2. The maximum Gasteiger partial charge on any atom is 0.240 e. The molecule has 2 aromatic rings. The number of hydrogen-bond acceptors (Lipinski definition) is 3. The van der Waals surface area contributed by atoms with Crippen LogP contribution >= 0.6 is 22.6 Å². The molecule has 0 saturated heterocycles. The van der Waals surface area contributed by atoms with E-state index < -0.39 is 10.0 Å². The summed E-state index contributed by atoms with van der Waals surface area (Å²) in [6, 6.07) is 12.4. The Morgan fingerprint density at radius 1 is 1.14 bits per heavy atom. The number of ether oxygens (including phenoxy) is 1. The average molecular weight is 417 g/mol. The lowest BCUT2D eigenvalue weighted by atomic mass is 10.2. The van der Waals surface area contributed by atoms with Gasteiger partial charge in [-0.05, 0) is 59.3 Å². The number of halogens is 1. The van der Waals surface area contributed by atoms with Crippen molar-refractivity contribution in [3.05, 3.63) is 57.2 Å². The van der Waals surface area contributed by atoms with Crippen LogP contribution in [0.15, 0.2) is 47.4 Å². The molecule has 0 amide bonds. The van der Waals surface area contributed by atoms with Crippen LogP contribution < -0.4 is 9.46 Å². The molecule has 0 atom stereocenters. The Morgan fingerprint density at radius 2 is 1.81 bits per heavy atom. The van der Waals surface area contributed by atoms with Gasteiger partial charge in [-0.1, -0.05) is 23.8 Å². The molecule has 0 aliphatic heterocycles. The summed E-state index contributed by atoms with van der Waals surface area (Å²) in [5.41, 5.74) is 1.87. The summed E-state index contributed by atoms with van der Waals surface area (Å²) < 4.78 is 33.2. The first-order valence-electron chi connectivity index (χ1n) is 6.31. The Bertz CT molecular complexity index is 727. The van der Waals surface area contributed by atoms with E-state index in [0.717, 1.165) is 20.4 Å². The lowest BCUT2D eigenvalue weighted by molar-refractivity contribution is 0.411. The van der Waals surface area contributed by atoms with Gasteiger partial charge in [0.1, 0.15) is 5.75 Å². The highest BCUT2D eigenvalue weighted by molar-refractivity contribution is 14.1. The normalized spacial score (nSPS) is 11.4. The summed E-state index contributed by atoms with van der Waals surface area (Å²) in [6.45, 7) is 2.14. The lowest BCUT2D eigenvalue weighted by Crippen LogP contribution is -2.23. The van der Waals surface area contributed by atoms with Crippen molar-refractivity contribution in [2.75, 3.05) is 7.11 Å². The molecule has 4 nitrogen and oxygen atoms in total. The SMILES string of the molecule is COc1cc(CNS(=O)(=O)c2ccc(C)cc2)ccc1I. The quantitative estimate of drug-likeness (QED) is 0.761. The number of sulfonamides is 1. The topological polar surface area (TPSA) is 55.4 Å². The summed E-state index contributed by atoms with van der Waals surface area (Å²) in [5.74, 6) is 0.739. The zero-order valence-corrected chi connectivity index (χ0v) is 14.7. The van der Waals surface area contributed by atoms with Crippen molar-refractivity contribution in [2.45, 2.75) is 18.4 Å². The van der Waals surface area contributed by atoms with E-state index in [-0.39, 0.29) is 11.4 Å². The Kier molecular flexibility index (Phi) is 5.23. The summed E-state index contributed by atoms with van der Waals surface area (Å²) in [6.07, 6.45) is 0. The third kappa shape index (κ3) is 4.18. The minimum Gasteiger partial charge on any atom is -0.496 e. The fourth-order valence-corrected chi connectivity index (χ4v) is 3.37. The van der Waals surface area contributed by atoms with Crippen LogP contribution in [0, 0.1) is 10.5 Å². The van der Waals surface area contributed by atoms with Gasteiger partial charge in [-0.2, -0.15) is 0 Å². The molecule has 0 bridgehead atoms.